The van der Waals surface area contributed by atoms with Crippen molar-refractivity contribution < 1.29 is 14.3 Å². The molecule has 0 saturated carbocycles. The van der Waals surface area contributed by atoms with Crippen LogP contribution in [-0.4, -0.2) is 18.7 Å². The molecule has 0 amide bonds. The number of hydrogen-bond acceptors (Lipinski definition) is 3. The molecule has 0 spiro atoms. The van der Waals surface area contributed by atoms with Crippen LogP contribution in [0.2, 0.25) is 0 Å². The molecule has 0 radical (unpaired) electrons. The van der Waals surface area contributed by atoms with Gasteiger partial charge in [0, 0.05) is 24.3 Å². The minimum Gasteiger partial charge on any atom is -0.426 e. The number of rotatable bonds is 2. The highest BCUT2D eigenvalue weighted by atomic mass is 16.6. The number of carbonyl (C=O) groups is 1. The lowest BCUT2D eigenvalue weighted by Gasteiger charge is -2.41. The molecule has 132 valence electrons. The Labute approximate surface area is 154 Å². The number of aryl methyl sites for hydroxylation is 1. The second kappa shape index (κ2) is 6.82. The lowest BCUT2D eigenvalue weighted by atomic mass is 9.72. The van der Waals surface area contributed by atoms with Crippen LogP contribution in [0.5, 0.6) is 0 Å². The molecule has 0 N–H and O–H groups in total. The minimum atomic E-state index is -1.08. The van der Waals surface area contributed by atoms with Crippen LogP contribution in [-0.2, 0) is 14.3 Å². The quantitative estimate of drug-likeness (QED) is 0.599. The molecule has 1 aliphatic rings. The van der Waals surface area contributed by atoms with Crippen molar-refractivity contribution in [2.24, 2.45) is 5.41 Å². The molecular weight excluding hydrogens is 324 g/mol. The maximum Gasteiger partial charge on any atom is 0.321 e. The molecule has 2 aromatic rings. The molecule has 0 saturated heterocycles. The van der Waals surface area contributed by atoms with Crippen LogP contribution >= 0.6 is 0 Å². The Kier molecular flexibility index (Phi) is 4.71. The van der Waals surface area contributed by atoms with E-state index in [2.05, 4.69) is 11.8 Å². The average Bonchev–Trinajstić information content (AvgIpc) is 2.65. The van der Waals surface area contributed by atoms with Gasteiger partial charge in [0.25, 0.3) is 0 Å². The lowest BCUT2D eigenvalue weighted by Crippen LogP contribution is -2.52. The fourth-order valence-corrected chi connectivity index (χ4v) is 2.88. The van der Waals surface area contributed by atoms with Crippen LogP contribution < -0.4 is 0 Å². The summed E-state index contributed by atoms with van der Waals surface area (Å²) in [4.78, 5) is 12.7. The van der Waals surface area contributed by atoms with E-state index in [0.717, 1.165) is 11.1 Å². The summed E-state index contributed by atoms with van der Waals surface area (Å²) in [6.07, 6.45) is 1.81. The van der Waals surface area contributed by atoms with Crippen LogP contribution in [0.25, 0.3) is 5.76 Å². The third-order valence-electron chi connectivity index (χ3n) is 4.80. The Morgan fingerprint density at radius 3 is 2.27 bits per heavy atom. The van der Waals surface area contributed by atoms with Crippen molar-refractivity contribution in [1.29, 1.82) is 0 Å². The third-order valence-corrected chi connectivity index (χ3v) is 4.80. The largest absolute Gasteiger partial charge is 0.426 e. The zero-order valence-electron chi connectivity index (χ0n) is 15.5. The normalized spacial score (nSPS) is 21.2. The van der Waals surface area contributed by atoms with Gasteiger partial charge < -0.3 is 9.47 Å². The minimum absolute atomic E-state index is 0.362. The van der Waals surface area contributed by atoms with Crippen LogP contribution in [0.3, 0.4) is 0 Å². The van der Waals surface area contributed by atoms with E-state index in [1.807, 2.05) is 67.6 Å². The highest BCUT2D eigenvalue weighted by molar-refractivity contribution is 5.88. The van der Waals surface area contributed by atoms with Gasteiger partial charge in [-0.25, -0.2) is 0 Å². The number of cyclic esters (lactones) is 1. The fraction of sp³-hybridized carbons (Fsp3) is 0.261. The van der Waals surface area contributed by atoms with Gasteiger partial charge in [0.15, 0.2) is 5.60 Å². The number of carbonyl (C=O) groups excluding carboxylic acids is 1. The average molecular weight is 346 g/mol. The van der Waals surface area contributed by atoms with Crippen molar-refractivity contribution in [3.8, 4) is 11.8 Å². The molecule has 0 aromatic heterocycles. The number of ether oxygens (including phenoxy) is 2. The molecule has 2 aromatic carbocycles. The zero-order chi connectivity index (χ0) is 18.8. The highest BCUT2D eigenvalue weighted by Gasteiger charge is 2.53. The summed E-state index contributed by atoms with van der Waals surface area (Å²) in [7, 11) is 1.57. The maximum absolute atomic E-state index is 12.7. The van der Waals surface area contributed by atoms with E-state index in [9.17, 15) is 4.79 Å². The molecule has 0 fully saturated rings. The second-order valence-electron chi connectivity index (χ2n) is 6.94. The Morgan fingerprint density at radius 2 is 1.65 bits per heavy atom. The van der Waals surface area contributed by atoms with Crippen molar-refractivity contribution in [2.75, 3.05) is 7.11 Å². The molecule has 1 atom stereocenters. The number of methoxy groups -OCH3 is 1. The van der Waals surface area contributed by atoms with Gasteiger partial charge in [-0.05, 0) is 32.9 Å². The third kappa shape index (κ3) is 3.16. The summed E-state index contributed by atoms with van der Waals surface area (Å²) >= 11 is 0. The first-order valence-corrected chi connectivity index (χ1v) is 8.53. The predicted octanol–water partition coefficient (Wildman–Crippen LogP) is 4.36. The maximum atomic E-state index is 12.7. The Hall–Kier alpha value is -2.83. The molecule has 3 heteroatoms. The molecular formula is C23H22O3. The van der Waals surface area contributed by atoms with Gasteiger partial charge in [-0.15, -0.1) is 0 Å². The highest BCUT2D eigenvalue weighted by Crippen LogP contribution is 2.43. The number of hydrogen-bond donors (Lipinski definition) is 0. The van der Waals surface area contributed by atoms with Crippen molar-refractivity contribution >= 4 is 11.7 Å². The van der Waals surface area contributed by atoms with Gasteiger partial charge in [0.05, 0.1) is 0 Å². The molecule has 26 heavy (non-hydrogen) atoms. The van der Waals surface area contributed by atoms with E-state index in [1.54, 1.807) is 21.0 Å². The SMILES string of the molecule is COC1(C#Cc2ccc(C)cc2)C=C(c2ccccc2)OC(=O)C1(C)C. The molecule has 3 rings (SSSR count). The van der Waals surface area contributed by atoms with Crippen LogP contribution in [0.1, 0.15) is 30.5 Å². The first kappa shape index (κ1) is 18.0. The van der Waals surface area contributed by atoms with Crippen LogP contribution in [0.15, 0.2) is 60.7 Å². The lowest BCUT2D eigenvalue weighted by molar-refractivity contribution is -0.159. The summed E-state index contributed by atoms with van der Waals surface area (Å²) in [5.74, 6) is 6.45. The first-order chi connectivity index (χ1) is 12.4. The zero-order valence-corrected chi connectivity index (χ0v) is 15.5. The van der Waals surface area contributed by atoms with Gasteiger partial charge in [0.2, 0.25) is 0 Å². The van der Waals surface area contributed by atoms with Gasteiger partial charge in [-0.3, -0.25) is 4.79 Å². The fourth-order valence-electron chi connectivity index (χ4n) is 2.88. The van der Waals surface area contributed by atoms with E-state index < -0.39 is 11.0 Å². The first-order valence-electron chi connectivity index (χ1n) is 8.53. The molecule has 1 unspecified atom stereocenters. The monoisotopic (exact) mass is 346 g/mol. The van der Waals surface area contributed by atoms with Crippen molar-refractivity contribution in [3.05, 3.63) is 77.4 Å². The molecule has 0 bridgehead atoms. The number of esters is 1. The van der Waals surface area contributed by atoms with E-state index in [0.29, 0.717) is 5.76 Å². The molecule has 3 nitrogen and oxygen atoms in total. The van der Waals surface area contributed by atoms with Crippen LogP contribution in [0, 0.1) is 24.2 Å². The standard InChI is InChI=1S/C23H22O3/c1-17-10-12-18(13-11-17)14-15-23(25-4)16-20(19-8-6-5-7-9-19)26-21(24)22(23,2)3/h5-13,16H,1-4H3. The van der Waals surface area contributed by atoms with E-state index in [4.69, 9.17) is 9.47 Å². The topological polar surface area (TPSA) is 35.5 Å². The second-order valence-corrected chi connectivity index (χ2v) is 6.94. The summed E-state index contributed by atoms with van der Waals surface area (Å²) in [6, 6.07) is 17.4. The predicted molar refractivity (Wildman–Crippen MR) is 102 cm³/mol. The smallest absolute Gasteiger partial charge is 0.321 e. The van der Waals surface area contributed by atoms with Gasteiger partial charge in [-0.1, -0.05) is 59.9 Å². The van der Waals surface area contributed by atoms with Crippen molar-refractivity contribution in [2.45, 2.75) is 26.4 Å². The van der Waals surface area contributed by atoms with E-state index in [1.165, 1.54) is 5.56 Å². The number of benzene rings is 2. The van der Waals surface area contributed by atoms with Gasteiger partial charge in [-0.2, -0.15) is 0 Å². The van der Waals surface area contributed by atoms with Gasteiger partial charge in [0.1, 0.15) is 11.2 Å². The summed E-state index contributed by atoms with van der Waals surface area (Å²) in [5, 5.41) is 0. The van der Waals surface area contributed by atoms with Crippen molar-refractivity contribution in [3.63, 3.8) is 0 Å². The Morgan fingerprint density at radius 1 is 1.00 bits per heavy atom. The van der Waals surface area contributed by atoms with Crippen LogP contribution in [0.4, 0.5) is 0 Å². The summed E-state index contributed by atoms with van der Waals surface area (Å²) in [5.41, 5.74) is 0.826. The molecule has 1 aliphatic heterocycles. The Bertz CT molecular complexity index is 896. The Balaban J connectivity index is 2.11. The van der Waals surface area contributed by atoms with E-state index in [-0.39, 0.29) is 5.97 Å². The van der Waals surface area contributed by atoms with E-state index >= 15 is 0 Å². The summed E-state index contributed by atoms with van der Waals surface area (Å²) in [6.45, 7) is 5.62. The van der Waals surface area contributed by atoms with Crippen molar-refractivity contribution in [1.82, 2.24) is 0 Å². The summed E-state index contributed by atoms with van der Waals surface area (Å²) < 4.78 is 11.4. The molecule has 1 heterocycles. The molecule has 0 aliphatic carbocycles. The van der Waals surface area contributed by atoms with Gasteiger partial charge >= 0.3 is 5.97 Å².